The summed E-state index contributed by atoms with van der Waals surface area (Å²) < 4.78 is 4.70. The van der Waals surface area contributed by atoms with Crippen molar-refractivity contribution in [3.05, 3.63) is 76.7 Å². The highest BCUT2D eigenvalue weighted by atomic mass is 35.5. The Morgan fingerprint density at radius 2 is 1.89 bits per heavy atom. The van der Waals surface area contributed by atoms with Gasteiger partial charge in [0.05, 0.1) is 25.1 Å². The predicted molar refractivity (Wildman–Crippen MR) is 107 cm³/mol. The topological polar surface area (TPSA) is 93.2 Å². The van der Waals surface area contributed by atoms with Crippen LogP contribution in [0.3, 0.4) is 0 Å². The minimum atomic E-state index is -0.432. The molecule has 2 aromatic carbocycles. The lowest BCUT2D eigenvalue weighted by molar-refractivity contribution is 0.0600. The minimum Gasteiger partial charge on any atom is -0.465 e. The first kappa shape index (κ1) is 19.3. The van der Waals surface area contributed by atoms with Gasteiger partial charge < -0.3 is 15.4 Å². The summed E-state index contributed by atoms with van der Waals surface area (Å²) in [7, 11) is 1.32. The summed E-state index contributed by atoms with van der Waals surface area (Å²) in [6.45, 7) is 1.87. The standard InChI is InChI=1S/C20H17ClN4O3/c1-12-6-7-14(21)9-16(12)25-19(26)17-10-23-18(11-22-17)24-15-5-3-4-13(8-15)20(27)28-2/h3-11H,1-2H3,(H,23,24)(H,25,26). The summed E-state index contributed by atoms with van der Waals surface area (Å²) in [5, 5.41) is 6.32. The highest BCUT2D eigenvalue weighted by Gasteiger charge is 2.11. The second kappa shape index (κ2) is 8.49. The Bertz CT molecular complexity index is 1020. The van der Waals surface area contributed by atoms with Crippen LogP contribution in [0.15, 0.2) is 54.9 Å². The minimum absolute atomic E-state index is 0.160. The normalized spacial score (nSPS) is 10.2. The zero-order valence-electron chi connectivity index (χ0n) is 15.2. The molecule has 2 N–H and O–H groups in total. The number of methoxy groups -OCH3 is 1. The molecule has 0 aliphatic rings. The van der Waals surface area contributed by atoms with Crippen molar-refractivity contribution in [2.45, 2.75) is 6.92 Å². The number of hydrogen-bond donors (Lipinski definition) is 2. The van der Waals surface area contributed by atoms with E-state index in [-0.39, 0.29) is 5.69 Å². The number of carbonyl (C=O) groups is 2. The summed E-state index contributed by atoms with van der Waals surface area (Å²) in [6.07, 6.45) is 2.80. The highest BCUT2D eigenvalue weighted by Crippen LogP contribution is 2.21. The maximum Gasteiger partial charge on any atom is 0.337 e. The molecule has 0 atom stereocenters. The average Bonchev–Trinajstić information content (AvgIpc) is 2.71. The number of halogens is 1. The fourth-order valence-corrected chi connectivity index (χ4v) is 2.59. The van der Waals surface area contributed by atoms with Crippen molar-refractivity contribution in [3.8, 4) is 0 Å². The SMILES string of the molecule is COC(=O)c1cccc(Nc2cnc(C(=O)Nc3cc(Cl)ccc3C)cn2)c1. The molecule has 1 amide bonds. The molecule has 0 unspecified atom stereocenters. The highest BCUT2D eigenvalue weighted by molar-refractivity contribution is 6.31. The lowest BCUT2D eigenvalue weighted by Gasteiger charge is -2.09. The molecule has 7 nitrogen and oxygen atoms in total. The molecule has 0 fully saturated rings. The molecule has 1 aromatic heterocycles. The van der Waals surface area contributed by atoms with Gasteiger partial charge in [-0.25, -0.2) is 14.8 Å². The van der Waals surface area contributed by atoms with Crippen molar-refractivity contribution in [3.63, 3.8) is 0 Å². The average molecular weight is 397 g/mol. The van der Waals surface area contributed by atoms with E-state index in [0.29, 0.717) is 27.8 Å². The van der Waals surface area contributed by atoms with Crippen LogP contribution >= 0.6 is 11.6 Å². The van der Waals surface area contributed by atoms with Gasteiger partial charge in [0.25, 0.3) is 5.91 Å². The molecule has 0 spiro atoms. The summed E-state index contributed by atoms with van der Waals surface area (Å²) >= 11 is 5.97. The van der Waals surface area contributed by atoms with E-state index >= 15 is 0 Å². The van der Waals surface area contributed by atoms with Gasteiger partial charge in [-0.15, -0.1) is 0 Å². The lowest BCUT2D eigenvalue weighted by atomic mass is 10.2. The number of anilines is 3. The Balaban J connectivity index is 1.70. The largest absolute Gasteiger partial charge is 0.465 e. The van der Waals surface area contributed by atoms with Crippen molar-refractivity contribution < 1.29 is 14.3 Å². The van der Waals surface area contributed by atoms with E-state index in [1.807, 2.05) is 13.0 Å². The third-order valence-corrected chi connectivity index (χ3v) is 4.12. The van der Waals surface area contributed by atoms with Crippen LogP contribution < -0.4 is 10.6 Å². The van der Waals surface area contributed by atoms with Crippen molar-refractivity contribution in [2.24, 2.45) is 0 Å². The van der Waals surface area contributed by atoms with Crippen LogP contribution in [0.2, 0.25) is 5.02 Å². The van der Waals surface area contributed by atoms with E-state index in [2.05, 4.69) is 20.6 Å². The van der Waals surface area contributed by atoms with Crippen LogP contribution in [0.25, 0.3) is 0 Å². The molecule has 142 valence electrons. The predicted octanol–water partition coefficient (Wildman–Crippen LogP) is 4.22. The second-order valence-corrected chi connectivity index (χ2v) is 6.33. The first-order chi connectivity index (χ1) is 13.5. The van der Waals surface area contributed by atoms with Crippen LogP contribution in [0.4, 0.5) is 17.2 Å². The fraction of sp³-hybridized carbons (Fsp3) is 0.100. The van der Waals surface area contributed by atoms with Gasteiger partial charge in [0, 0.05) is 16.4 Å². The zero-order valence-corrected chi connectivity index (χ0v) is 15.9. The number of aryl methyl sites for hydroxylation is 1. The zero-order chi connectivity index (χ0) is 20.1. The van der Waals surface area contributed by atoms with Gasteiger partial charge in [-0.3, -0.25) is 4.79 Å². The molecule has 8 heteroatoms. The van der Waals surface area contributed by atoms with E-state index in [4.69, 9.17) is 16.3 Å². The van der Waals surface area contributed by atoms with E-state index in [0.717, 1.165) is 5.56 Å². The summed E-state index contributed by atoms with van der Waals surface area (Å²) in [6, 6.07) is 12.0. The first-order valence-corrected chi connectivity index (χ1v) is 8.69. The molecular formula is C20H17ClN4O3. The number of aromatic nitrogens is 2. The molecule has 0 saturated carbocycles. The third-order valence-electron chi connectivity index (χ3n) is 3.89. The first-order valence-electron chi connectivity index (χ1n) is 8.31. The molecule has 1 heterocycles. The van der Waals surface area contributed by atoms with Gasteiger partial charge in [0.2, 0.25) is 0 Å². The smallest absolute Gasteiger partial charge is 0.337 e. The van der Waals surface area contributed by atoms with Crippen LogP contribution in [0.1, 0.15) is 26.4 Å². The molecule has 28 heavy (non-hydrogen) atoms. The molecule has 3 aromatic rings. The van der Waals surface area contributed by atoms with Crippen LogP contribution in [-0.4, -0.2) is 29.0 Å². The quantitative estimate of drug-likeness (QED) is 0.627. The van der Waals surface area contributed by atoms with E-state index < -0.39 is 11.9 Å². The number of carbonyl (C=O) groups excluding carboxylic acids is 2. The van der Waals surface area contributed by atoms with E-state index in [9.17, 15) is 9.59 Å². The van der Waals surface area contributed by atoms with Gasteiger partial charge >= 0.3 is 5.97 Å². The van der Waals surface area contributed by atoms with Gasteiger partial charge in [-0.1, -0.05) is 23.7 Å². The van der Waals surface area contributed by atoms with Crippen LogP contribution in [-0.2, 0) is 4.74 Å². The van der Waals surface area contributed by atoms with Crippen LogP contribution in [0, 0.1) is 6.92 Å². The van der Waals surface area contributed by atoms with Crippen LogP contribution in [0.5, 0.6) is 0 Å². The van der Waals surface area contributed by atoms with Crippen molar-refractivity contribution >= 4 is 40.7 Å². The Hall–Kier alpha value is -3.45. The number of amides is 1. The third kappa shape index (κ3) is 4.63. The number of nitrogens with one attached hydrogen (secondary N) is 2. The molecule has 3 rings (SSSR count). The van der Waals surface area contributed by atoms with Gasteiger partial charge in [-0.2, -0.15) is 0 Å². The number of hydrogen-bond acceptors (Lipinski definition) is 6. The molecule has 0 bridgehead atoms. The molecule has 0 aliphatic heterocycles. The Morgan fingerprint density at radius 3 is 2.61 bits per heavy atom. The molecular weight excluding hydrogens is 380 g/mol. The van der Waals surface area contributed by atoms with Crippen molar-refractivity contribution in [1.29, 1.82) is 0 Å². The lowest BCUT2D eigenvalue weighted by Crippen LogP contribution is -2.15. The van der Waals surface area contributed by atoms with Gasteiger partial charge in [-0.05, 0) is 42.8 Å². The van der Waals surface area contributed by atoms with E-state index in [1.165, 1.54) is 19.5 Å². The number of benzene rings is 2. The van der Waals surface area contributed by atoms with Gasteiger partial charge in [0.15, 0.2) is 0 Å². The Morgan fingerprint density at radius 1 is 1.07 bits per heavy atom. The number of rotatable bonds is 5. The van der Waals surface area contributed by atoms with E-state index in [1.54, 1.807) is 36.4 Å². The fourth-order valence-electron chi connectivity index (χ4n) is 2.41. The number of esters is 1. The number of nitrogens with zero attached hydrogens (tertiary/aromatic N) is 2. The summed E-state index contributed by atoms with van der Waals surface area (Å²) in [5.74, 6) is -0.396. The number of ether oxygens (including phenoxy) is 1. The Kier molecular flexibility index (Phi) is 5.86. The maximum absolute atomic E-state index is 12.4. The van der Waals surface area contributed by atoms with Crippen molar-refractivity contribution in [1.82, 2.24) is 9.97 Å². The Labute approximate surface area is 166 Å². The summed E-state index contributed by atoms with van der Waals surface area (Å²) in [5.41, 5.74) is 2.71. The molecule has 0 aliphatic carbocycles. The monoisotopic (exact) mass is 396 g/mol. The second-order valence-electron chi connectivity index (χ2n) is 5.90. The van der Waals surface area contributed by atoms with Gasteiger partial charge in [0.1, 0.15) is 11.5 Å². The summed E-state index contributed by atoms with van der Waals surface area (Å²) in [4.78, 5) is 32.3. The molecule has 0 saturated heterocycles. The molecule has 0 radical (unpaired) electrons. The maximum atomic E-state index is 12.4. The van der Waals surface area contributed by atoms with Crippen molar-refractivity contribution in [2.75, 3.05) is 17.7 Å².